The van der Waals surface area contributed by atoms with Gasteiger partial charge in [0.05, 0.1) is 18.6 Å². The molecule has 0 aliphatic heterocycles. The van der Waals surface area contributed by atoms with Crippen molar-refractivity contribution in [3.63, 3.8) is 0 Å². The van der Waals surface area contributed by atoms with E-state index in [1.54, 1.807) is 61.5 Å². The number of carbonyl (C=O) groups excluding carboxylic acids is 2. The minimum absolute atomic E-state index is 0.143. The number of rotatable bonds is 4. The molecule has 0 unspecified atom stereocenters. The fourth-order valence-corrected chi connectivity index (χ4v) is 3.94. The monoisotopic (exact) mass is 363 g/mol. The first kappa shape index (κ1) is 18.8. The number of Topliss-reactive ketones (excluding diaryl/α,β-unsaturated/α-hetero) is 1. The van der Waals surface area contributed by atoms with Crippen LogP contribution in [0.5, 0.6) is 0 Å². The molecule has 0 bridgehead atoms. The predicted octanol–water partition coefficient (Wildman–Crippen LogP) is 2.95. The van der Waals surface area contributed by atoms with Crippen LogP contribution in [-0.2, 0) is 19.9 Å². The number of hydrogen-bond donors (Lipinski definition) is 1. The van der Waals surface area contributed by atoms with Crippen molar-refractivity contribution in [1.82, 2.24) is 0 Å². The minimum atomic E-state index is -1.67. The molecule has 0 aromatic heterocycles. The van der Waals surface area contributed by atoms with Crippen LogP contribution in [0, 0.1) is 23.2 Å². The number of nitrogens with zero attached hydrogens (tertiary/aromatic N) is 1. The van der Waals surface area contributed by atoms with E-state index in [0.29, 0.717) is 11.1 Å². The quantitative estimate of drug-likeness (QED) is 0.666. The Kier molecular flexibility index (Phi) is 5.38. The molecule has 0 saturated heterocycles. The third-order valence-electron chi connectivity index (χ3n) is 5.16. The lowest BCUT2D eigenvalue weighted by Crippen LogP contribution is -2.51. The van der Waals surface area contributed by atoms with E-state index in [1.165, 1.54) is 0 Å². The molecule has 2 aromatic rings. The second-order valence-electron chi connectivity index (χ2n) is 6.71. The number of esters is 1. The molecule has 1 fully saturated rings. The molecule has 3 rings (SSSR count). The van der Waals surface area contributed by atoms with E-state index in [2.05, 4.69) is 6.07 Å². The van der Waals surface area contributed by atoms with Crippen molar-refractivity contribution < 1.29 is 19.4 Å². The van der Waals surface area contributed by atoms with Crippen LogP contribution in [0.4, 0.5) is 0 Å². The SMILES string of the molecule is CCOC(=O)[C@@H]1C(=O)C[C@](O)(c2ccccc2)[C@@H](C#N)[C@H]1c1ccccc1. The Labute approximate surface area is 158 Å². The van der Waals surface area contributed by atoms with Gasteiger partial charge < -0.3 is 9.84 Å². The summed E-state index contributed by atoms with van der Waals surface area (Å²) in [5.74, 6) is -3.94. The van der Waals surface area contributed by atoms with E-state index in [4.69, 9.17) is 4.74 Å². The maximum absolute atomic E-state index is 13.0. The van der Waals surface area contributed by atoms with E-state index >= 15 is 0 Å². The molecule has 1 N–H and O–H groups in total. The Morgan fingerprint density at radius 3 is 2.33 bits per heavy atom. The average Bonchev–Trinajstić information content (AvgIpc) is 2.69. The maximum Gasteiger partial charge on any atom is 0.317 e. The van der Waals surface area contributed by atoms with E-state index in [-0.39, 0.29) is 13.0 Å². The second kappa shape index (κ2) is 7.73. The zero-order valence-electron chi connectivity index (χ0n) is 15.0. The van der Waals surface area contributed by atoms with Crippen LogP contribution < -0.4 is 0 Å². The Morgan fingerprint density at radius 2 is 1.78 bits per heavy atom. The Morgan fingerprint density at radius 1 is 1.19 bits per heavy atom. The Balaban J connectivity index is 2.15. The summed E-state index contributed by atoms with van der Waals surface area (Å²) in [5, 5.41) is 21.4. The zero-order chi connectivity index (χ0) is 19.4. The maximum atomic E-state index is 13.0. The Bertz CT molecular complexity index is 859. The largest absolute Gasteiger partial charge is 0.465 e. The molecule has 0 heterocycles. The number of nitriles is 1. The summed E-state index contributed by atoms with van der Waals surface area (Å²) in [5.41, 5.74) is -0.519. The summed E-state index contributed by atoms with van der Waals surface area (Å²) >= 11 is 0. The fourth-order valence-electron chi connectivity index (χ4n) is 3.94. The van der Waals surface area contributed by atoms with Crippen LogP contribution in [0.15, 0.2) is 60.7 Å². The van der Waals surface area contributed by atoms with Crippen LogP contribution in [0.25, 0.3) is 0 Å². The van der Waals surface area contributed by atoms with Gasteiger partial charge in [0.25, 0.3) is 0 Å². The summed E-state index contributed by atoms with van der Waals surface area (Å²) in [7, 11) is 0. The molecule has 2 aromatic carbocycles. The van der Waals surface area contributed by atoms with Crippen LogP contribution in [0.3, 0.4) is 0 Å². The first-order valence-electron chi connectivity index (χ1n) is 8.94. The number of carbonyl (C=O) groups is 2. The van der Waals surface area contributed by atoms with Crippen molar-refractivity contribution in [3.05, 3.63) is 71.8 Å². The first-order valence-corrected chi connectivity index (χ1v) is 8.94. The van der Waals surface area contributed by atoms with Gasteiger partial charge in [-0.1, -0.05) is 60.7 Å². The molecule has 0 radical (unpaired) electrons. The third-order valence-corrected chi connectivity index (χ3v) is 5.16. The summed E-state index contributed by atoms with van der Waals surface area (Å²) in [6.45, 7) is 1.81. The lowest BCUT2D eigenvalue weighted by atomic mass is 9.60. The van der Waals surface area contributed by atoms with E-state index < -0.39 is 35.1 Å². The molecule has 0 spiro atoms. The lowest BCUT2D eigenvalue weighted by molar-refractivity contribution is -0.161. The highest BCUT2D eigenvalue weighted by atomic mass is 16.5. The topological polar surface area (TPSA) is 87.4 Å². The van der Waals surface area contributed by atoms with Gasteiger partial charge in [0.15, 0.2) is 5.78 Å². The summed E-state index contributed by atoms with van der Waals surface area (Å²) in [4.78, 5) is 25.5. The molecule has 1 aliphatic carbocycles. The molecule has 0 amide bonds. The van der Waals surface area contributed by atoms with Crippen molar-refractivity contribution in [2.45, 2.75) is 24.9 Å². The second-order valence-corrected chi connectivity index (χ2v) is 6.71. The minimum Gasteiger partial charge on any atom is -0.465 e. The highest BCUT2D eigenvalue weighted by Gasteiger charge is 2.56. The summed E-state index contributed by atoms with van der Waals surface area (Å²) in [6.07, 6.45) is -0.304. The normalized spacial score (nSPS) is 27.6. The summed E-state index contributed by atoms with van der Waals surface area (Å²) in [6, 6.07) is 19.8. The molecule has 27 heavy (non-hydrogen) atoms. The molecular formula is C22H21NO4. The Hall–Kier alpha value is -2.97. The molecule has 1 saturated carbocycles. The average molecular weight is 363 g/mol. The van der Waals surface area contributed by atoms with E-state index in [9.17, 15) is 20.0 Å². The van der Waals surface area contributed by atoms with E-state index in [0.717, 1.165) is 0 Å². The van der Waals surface area contributed by atoms with Gasteiger partial charge in [0.2, 0.25) is 0 Å². The van der Waals surface area contributed by atoms with Gasteiger partial charge in [-0.15, -0.1) is 0 Å². The molecule has 5 nitrogen and oxygen atoms in total. The van der Waals surface area contributed by atoms with Crippen LogP contribution >= 0.6 is 0 Å². The van der Waals surface area contributed by atoms with Gasteiger partial charge in [0, 0.05) is 12.3 Å². The molecule has 1 aliphatic rings. The van der Waals surface area contributed by atoms with Crippen molar-refractivity contribution in [2.75, 3.05) is 6.61 Å². The number of aliphatic hydroxyl groups is 1. The first-order chi connectivity index (χ1) is 13.0. The smallest absolute Gasteiger partial charge is 0.317 e. The molecular weight excluding hydrogens is 342 g/mol. The number of ketones is 1. The standard InChI is InChI=1S/C22H21NO4/c1-2-27-21(25)20-18(24)13-22(26,16-11-7-4-8-12-16)17(14-23)19(20)15-9-5-3-6-10-15/h3-12,17,19-20,26H,2,13H2,1H3/t17-,19+,20+,22-/m0/s1. The molecule has 4 atom stereocenters. The molecule has 5 heteroatoms. The van der Waals surface area contributed by atoms with Gasteiger partial charge in [-0.2, -0.15) is 5.26 Å². The van der Waals surface area contributed by atoms with E-state index in [1.807, 2.05) is 6.07 Å². The molecule has 138 valence electrons. The van der Waals surface area contributed by atoms with Gasteiger partial charge in [-0.3, -0.25) is 9.59 Å². The fraction of sp³-hybridized carbons (Fsp3) is 0.318. The van der Waals surface area contributed by atoms with Gasteiger partial charge >= 0.3 is 5.97 Å². The summed E-state index contributed by atoms with van der Waals surface area (Å²) < 4.78 is 5.12. The number of hydrogen-bond acceptors (Lipinski definition) is 5. The highest BCUT2D eigenvalue weighted by molar-refractivity contribution is 6.01. The predicted molar refractivity (Wildman–Crippen MR) is 98.4 cm³/mol. The highest BCUT2D eigenvalue weighted by Crippen LogP contribution is 2.50. The van der Waals surface area contributed by atoms with Crippen molar-refractivity contribution in [1.29, 1.82) is 5.26 Å². The third kappa shape index (κ3) is 3.36. The number of benzene rings is 2. The van der Waals surface area contributed by atoms with Crippen LogP contribution in [0.2, 0.25) is 0 Å². The van der Waals surface area contributed by atoms with Gasteiger partial charge in [-0.05, 0) is 18.1 Å². The number of ether oxygens (including phenoxy) is 1. The lowest BCUT2D eigenvalue weighted by Gasteiger charge is -2.44. The van der Waals surface area contributed by atoms with Crippen molar-refractivity contribution in [2.24, 2.45) is 11.8 Å². The van der Waals surface area contributed by atoms with Crippen LogP contribution in [0.1, 0.15) is 30.4 Å². The van der Waals surface area contributed by atoms with Crippen molar-refractivity contribution >= 4 is 11.8 Å². The van der Waals surface area contributed by atoms with Crippen molar-refractivity contribution in [3.8, 4) is 6.07 Å². The van der Waals surface area contributed by atoms with Gasteiger partial charge in [0.1, 0.15) is 11.5 Å². The van der Waals surface area contributed by atoms with Gasteiger partial charge in [-0.25, -0.2) is 0 Å². The van der Waals surface area contributed by atoms with Crippen LogP contribution in [-0.4, -0.2) is 23.5 Å². The zero-order valence-corrected chi connectivity index (χ0v) is 15.0.